The summed E-state index contributed by atoms with van der Waals surface area (Å²) in [6.45, 7) is 4.33. The molecule has 0 spiro atoms. The first-order valence-electron chi connectivity index (χ1n) is 7.53. The molecule has 0 radical (unpaired) electrons. The second kappa shape index (κ2) is 9.94. The van der Waals surface area contributed by atoms with Crippen LogP contribution >= 0.6 is 0 Å². The summed E-state index contributed by atoms with van der Waals surface area (Å²) < 4.78 is 0. The standard InChI is InChI=1S/C18H28/c1-3-5-6-7-10-14-17(13-4-2)18-15-11-8-9-12-16-18/h3,5-7,10,14-15,17H,4,8-9,11-13,16H2,1-2H3/b5-3+,7-6-,14-10+. The predicted octanol–water partition coefficient (Wildman–Crippen LogP) is 5.98. The van der Waals surface area contributed by atoms with Crippen molar-refractivity contribution in [1.82, 2.24) is 0 Å². The predicted molar refractivity (Wildman–Crippen MR) is 82.7 cm³/mol. The lowest BCUT2D eigenvalue weighted by atomic mass is 9.90. The Labute approximate surface area is 113 Å². The van der Waals surface area contributed by atoms with Crippen LogP contribution < -0.4 is 0 Å². The van der Waals surface area contributed by atoms with E-state index in [1.165, 1.54) is 44.9 Å². The fourth-order valence-electron chi connectivity index (χ4n) is 2.53. The van der Waals surface area contributed by atoms with Crippen molar-refractivity contribution < 1.29 is 0 Å². The van der Waals surface area contributed by atoms with Crippen molar-refractivity contribution in [2.45, 2.75) is 58.8 Å². The highest BCUT2D eigenvalue weighted by atomic mass is 14.2. The second-order valence-corrected chi connectivity index (χ2v) is 5.07. The molecule has 0 saturated carbocycles. The quantitative estimate of drug-likeness (QED) is 0.398. The highest BCUT2D eigenvalue weighted by Crippen LogP contribution is 2.27. The molecule has 0 aliphatic heterocycles. The first-order valence-corrected chi connectivity index (χ1v) is 7.53. The van der Waals surface area contributed by atoms with E-state index in [4.69, 9.17) is 0 Å². The van der Waals surface area contributed by atoms with Crippen LogP contribution in [0.4, 0.5) is 0 Å². The molecule has 0 aromatic carbocycles. The minimum absolute atomic E-state index is 0.670. The minimum Gasteiger partial charge on any atom is -0.0877 e. The van der Waals surface area contributed by atoms with Gasteiger partial charge >= 0.3 is 0 Å². The van der Waals surface area contributed by atoms with E-state index in [0.717, 1.165) is 0 Å². The first-order chi connectivity index (χ1) is 8.88. The fraction of sp³-hybridized carbons (Fsp3) is 0.556. The smallest absolute Gasteiger partial charge is 0.00203 e. The van der Waals surface area contributed by atoms with Crippen molar-refractivity contribution in [3.63, 3.8) is 0 Å². The van der Waals surface area contributed by atoms with E-state index >= 15 is 0 Å². The summed E-state index contributed by atoms with van der Waals surface area (Å²) in [6, 6.07) is 0. The molecule has 0 aromatic rings. The van der Waals surface area contributed by atoms with Gasteiger partial charge in [-0.1, -0.05) is 67.9 Å². The van der Waals surface area contributed by atoms with Crippen LogP contribution in [0.3, 0.4) is 0 Å². The Kier molecular flexibility index (Phi) is 8.29. The van der Waals surface area contributed by atoms with Crippen molar-refractivity contribution in [1.29, 1.82) is 0 Å². The molecule has 0 fully saturated rings. The van der Waals surface area contributed by atoms with E-state index in [1.54, 1.807) is 5.57 Å². The summed E-state index contributed by atoms with van der Waals surface area (Å²) in [5, 5.41) is 0. The molecule has 0 amide bonds. The van der Waals surface area contributed by atoms with Crippen LogP contribution in [0.25, 0.3) is 0 Å². The van der Waals surface area contributed by atoms with Crippen LogP contribution in [0, 0.1) is 5.92 Å². The van der Waals surface area contributed by atoms with Gasteiger partial charge in [0.2, 0.25) is 0 Å². The molecule has 18 heavy (non-hydrogen) atoms. The summed E-state index contributed by atoms with van der Waals surface area (Å²) in [4.78, 5) is 0. The van der Waals surface area contributed by atoms with Crippen LogP contribution in [0.15, 0.2) is 48.1 Å². The third kappa shape index (κ3) is 6.05. The lowest BCUT2D eigenvalue weighted by Crippen LogP contribution is -2.00. The molecule has 0 N–H and O–H groups in total. The van der Waals surface area contributed by atoms with Gasteiger partial charge in [0.25, 0.3) is 0 Å². The first kappa shape index (κ1) is 15.0. The third-order valence-electron chi connectivity index (χ3n) is 3.52. The average Bonchev–Trinajstić information content (AvgIpc) is 2.66. The number of hydrogen-bond acceptors (Lipinski definition) is 0. The van der Waals surface area contributed by atoms with Crippen molar-refractivity contribution in [3.8, 4) is 0 Å². The Morgan fingerprint density at radius 2 is 1.94 bits per heavy atom. The van der Waals surface area contributed by atoms with Crippen molar-refractivity contribution >= 4 is 0 Å². The van der Waals surface area contributed by atoms with Crippen LogP contribution in [0.1, 0.15) is 58.8 Å². The summed E-state index contributed by atoms with van der Waals surface area (Å²) in [5.74, 6) is 0.670. The van der Waals surface area contributed by atoms with Crippen LogP contribution in [0.2, 0.25) is 0 Å². The van der Waals surface area contributed by atoms with E-state index < -0.39 is 0 Å². The zero-order valence-electron chi connectivity index (χ0n) is 12.1. The largest absolute Gasteiger partial charge is 0.0877 e. The molecule has 1 rings (SSSR count). The van der Waals surface area contributed by atoms with Crippen molar-refractivity contribution in [3.05, 3.63) is 48.1 Å². The molecule has 0 bridgehead atoms. The number of rotatable bonds is 6. The average molecular weight is 244 g/mol. The molecule has 1 atom stereocenters. The Morgan fingerprint density at radius 1 is 1.11 bits per heavy atom. The lowest BCUT2D eigenvalue weighted by Gasteiger charge is -2.15. The van der Waals surface area contributed by atoms with Crippen molar-refractivity contribution in [2.75, 3.05) is 0 Å². The van der Waals surface area contributed by atoms with E-state index in [0.29, 0.717) is 5.92 Å². The van der Waals surface area contributed by atoms with Gasteiger partial charge in [0, 0.05) is 0 Å². The summed E-state index contributed by atoms with van der Waals surface area (Å²) >= 11 is 0. The Balaban J connectivity index is 2.60. The van der Waals surface area contributed by atoms with E-state index in [-0.39, 0.29) is 0 Å². The Bertz CT molecular complexity index is 315. The highest BCUT2D eigenvalue weighted by molar-refractivity contribution is 5.18. The fourth-order valence-corrected chi connectivity index (χ4v) is 2.53. The molecule has 0 saturated heterocycles. The van der Waals surface area contributed by atoms with E-state index in [2.05, 4.69) is 49.5 Å². The SMILES string of the molecule is C/C=C/C=C\C=C\C(CCC)C1=CCCCCC1. The van der Waals surface area contributed by atoms with Gasteiger partial charge < -0.3 is 0 Å². The molecule has 1 aliphatic carbocycles. The van der Waals surface area contributed by atoms with Gasteiger partial charge in [-0.05, 0) is 44.9 Å². The zero-order valence-corrected chi connectivity index (χ0v) is 12.1. The van der Waals surface area contributed by atoms with Gasteiger partial charge in [-0.2, -0.15) is 0 Å². The number of hydrogen-bond donors (Lipinski definition) is 0. The van der Waals surface area contributed by atoms with Gasteiger partial charge in [-0.3, -0.25) is 0 Å². The Hall–Kier alpha value is -1.04. The van der Waals surface area contributed by atoms with Crippen LogP contribution in [0.5, 0.6) is 0 Å². The van der Waals surface area contributed by atoms with Crippen LogP contribution in [-0.4, -0.2) is 0 Å². The van der Waals surface area contributed by atoms with Gasteiger partial charge in [-0.25, -0.2) is 0 Å². The topological polar surface area (TPSA) is 0 Å². The maximum absolute atomic E-state index is 2.51. The zero-order chi connectivity index (χ0) is 13.1. The second-order valence-electron chi connectivity index (χ2n) is 5.07. The van der Waals surface area contributed by atoms with E-state index in [9.17, 15) is 0 Å². The van der Waals surface area contributed by atoms with Gasteiger partial charge in [0.1, 0.15) is 0 Å². The van der Waals surface area contributed by atoms with Gasteiger partial charge in [0.05, 0.1) is 0 Å². The number of allylic oxidation sites excluding steroid dienone is 8. The molecule has 0 aromatic heterocycles. The third-order valence-corrected chi connectivity index (χ3v) is 3.52. The molecule has 1 unspecified atom stereocenters. The maximum Gasteiger partial charge on any atom is -0.00203 e. The van der Waals surface area contributed by atoms with Crippen molar-refractivity contribution in [2.24, 2.45) is 5.92 Å². The summed E-state index contributed by atoms with van der Waals surface area (Å²) in [5.41, 5.74) is 1.69. The lowest BCUT2D eigenvalue weighted by molar-refractivity contribution is 0.617. The minimum atomic E-state index is 0.670. The molecule has 0 heterocycles. The summed E-state index contributed by atoms with van der Waals surface area (Å²) in [7, 11) is 0. The molecular formula is C18H28. The van der Waals surface area contributed by atoms with Crippen LogP contribution in [-0.2, 0) is 0 Å². The molecule has 1 aliphatic rings. The summed E-state index contributed by atoms with van der Waals surface area (Å²) in [6.07, 6.45) is 24.8. The maximum atomic E-state index is 2.51. The monoisotopic (exact) mass is 244 g/mol. The molecule has 100 valence electrons. The Morgan fingerprint density at radius 3 is 2.72 bits per heavy atom. The van der Waals surface area contributed by atoms with E-state index in [1.807, 2.05) is 6.92 Å². The molecule has 0 nitrogen and oxygen atoms in total. The molecule has 0 heteroatoms. The van der Waals surface area contributed by atoms with Gasteiger partial charge in [0.15, 0.2) is 0 Å². The normalized spacial score (nSPS) is 19.6. The van der Waals surface area contributed by atoms with Gasteiger partial charge in [-0.15, -0.1) is 0 Å². The molecular weight excluding hydrogens is 216 g/mol. The highest BCUT2D eigenvalue weighted by Gasteiger charge is 2.11.